The summed E-state index contributed by atoms with van der Waals surface area (Å²) in [7, 11) is 0. The lowest BCUT2D eigenvalue weighted by Gasteiger charge is -2.34. The van der Waals surface area contributed by atoms with Crippen molar-refractivity contribution in [1.29, 1.82) is 0 Å². The first kappa shape index (κ1) is 25.3. The number of carbonyl (C=O) groups excluding carboxylic acids is 2. The summed E-state index contributed by atoms with van der Waals surface area (Å²) in [5.74, 6) is -3.97. The Hall–Kier alpha value is -2.78. The van der Waals surface area contributed by atoms with E-state index in [4.69, 9.17) is 0 Å². The van der Waals surface area contributed by atoms with Gasteiger partial charge in [-0.25, -0.2) is 8.78 Å². The molecular formula is C25H28F5N3O2. The van der Waals surface area contributed by atoms with Crippen molar-refractivity contribution in [2.45, 2.75) is 51.6 Å². The molecule has 0 spiro atoms. The van der Waals surface area contributed by atoms with Crippen molar-refractivity contribution in [2.75, 3.05) is 32.7 Å². The Morgan fingerprint density at radius 3 is 2.40 bits per heavy atom. The smallest absolute Gasteiger partial charge is 0.338 e. The van der Waals surface area contributed by atoms with Crippen molar-refractivity contribution in [1.82, 2.24) is 9.80 Å². The largest absolute Gasteiger partial charge is 0.419 e. The van der Waals surface area contributed by atoms with Crippen LogP contribution in [0.4, 0.5) is 22.0 Å². The fraction of sp³-hybridized carbons (Fsp3) is 0.560. The number of benzene rings is 1. The van der Waals surface area contributed by atoms with Gasteiger partial charge in [-0.15, -0.1) is 0 Å². The van der Waals surface area contributed by atoms with E-state index < -0.39 is 29.3 Å². The number of aliphatic imine (C=N–C) groups is 1. The molecule has 1 saturated heterocycles. The molecule has 0 radical (unpaired) electrons. The second kappa shape index (κ2) is 9.70. The van der Waals surface area contributed by atoms with Crippen molar-refractivity contribution in [3.8, 4) is 0 Å². The van der Waals surface area contributed by atoms with E-state index in [1.165, 1.54) is 0 Å². The lowest BCUT2D eigenvalue weighted by Crippen LogP contribution is -2.43. The Kier molecular flexibility index (Phi) is 7.02. The number of alkyl halides is 3. The minimum atomic E-state index is -5.01. The lowest BCUT2D eigenvalue weighted by atomic mass is 9.85. The number of likely N-dealkylation sites (tertiary alicyclic amines) is 1. The molecule has 0 saturated carbocycles. The third-order valence-corrected chi connectivity index (χ3v) is 6.92. The van der Waals surface area contributed by atoms with Crippen LogP contribution in [0.15, 0.2) is 28.3 Å². The van der Waals surface area contributed by atoms with E-state index in [-0.39, 0.29) is 49.2 Å². The van der Waals surface area contributed by atoms with E-state index in [0.29, 0.717) is 38.2 Å². The molecule has 2 amide bonds. The van der Waals surface area contributed by atoms with Crippen LogP contribution in [0.5, 0.6) is 0 Å². The van der Waals surface area contributed by atoms with Crippen LogP contribution in [0.1, 0.15) is 56.6 Å². The first-order valence-corrected chi connectivity index (χ1v) is 11.8. The van der Waals surface area contributed by atoms with Crippen LogP contribution < -0.4 is 0 Å². The van der Waals surface area contributed by atoms with Crippen LogP contribution in [0, 0.1) is 17.6 Å². The summed E-state index contributed by atoms with van der Waals surface area (Å²) in [4.78, 5) is 33.4. The molecule has 4 rings (SSSR count). The Labute approximate surface area is 200 Å². The molecule has 35 heavy (non-hydrogen) atoms. The van der Waals surface area contributed by atoms with E-state index in [9.17, 15) is 31.5 Å². The SMILES string of the molecule is CC(C)CC(=O)N1CCC2=C(CN=C2C(=O)N2CCC(c3ccc(F)c(F)c3C(F)(F)F)CC2)C1. The Morgan fingerprint density at radius 1 is 1.09 bits per heavy atom. The highest BCUT2D eigenvalue weighted by Crippen LogP contribution is 2.41. The number of carbonyl (C=O) groups is 2. The van der Waals surface area contributed by atoms with Crippen LogP contribution in [0.25, 0.3) is 0 Å². The van der Waals surface area contributed by atoms with Gasteiger partial charge in [0.15, 0.2) is 11.6 Å². The van der Waals surface area contributed by atoms with Gasteiger partial charge in [-0.3, -0.25) is 14.6 Å². The zero-order valence-corrected chi connectivity index (χ0v) is 19.7. The second-order valence-corrected chi connectivity index (χ2v) is 9.80. The Morgan fingerprint density at radius 2 is 1.77 bits per heavy atom. The Bertz CT molecular complexity index is 1090. The number of amides is 2. The van der Waals surface area contributed by atoms with Crippen molar-refractivity contribution >= 4 is 17.5 Å². The predicted molar refractivity (Wildman–Crippen MR) is 120 cm³/mol. The van der Waals surface area contributed by atoms with Gasteiger partial charge in [-0.2, -0.15) is 13.2 Å². The van der Waals surface area contributed by atoms with E-state index in [1.807, 2.05) is 13.8 Å². The van der Waals surface area contributed by atoms with Crippen LogP contribution in [-0.4, -0.2) is 60.0 Å². The average molecular weight is 498 g/mol. The maximum Gasteiger partial charge on any atom is 0.419 e. The van der Waals surface area contributed by atoms with Gasteiger partial charge in [-0.1, -0.05) is 19.9 Å². The van der Waals surface area contributed by atoms with Gasteiger partial charge in [0.2, 0.25) is 5.91 Å². The number of piperidine rings is 1. The molecule has 0 unspecified atom stereocenters. The molecular weight excluding hydrogens is 469 g/mol. The predicted octanol–water partition coefficient (Wildman–Crippen LogP) is 4.72. The van der Waals surface area contributed by atoms with Gasteiger partial charge < -0.3 is 9.80 Å². The number of rotatable bonds is 4. The van der Waals surface area contributed by atoms with Crippen LogP contribution in [0.3, 0.4) is 0 Å². The quantitative estimate of drug-likeness (QED) is 0.566. The zero-order valence-electron chi connectivity index (χ0n) is 19.7. The minimum Gasteiger partial charge on any atom is -0.338 e. The van der Waals surface area contributed by atoms with Gasteiger partial charge in [0.05, 0.1) is 12.1 Å². The molecule has 1 aromatic rings. The maximum absolute atomic E-state index is 14.0. The summed E-state index contributed by atoms with van der Waals surface area (Å²) in [5, 5.41) is 0. The van der Waals surface area contributed by atoms with Crippen LogP contribution in [0.2, 0.25) is 0 Å². The summed E-state index contributed by atoms with van der Waals surface area (Å²) in [5.41, 5.74) is 0.369. The molecule has 190 valence electrons. The third kappa shape index (κ3) is 5.11. The van der Waals surface area contributed by atoms with Crippen molar-refractivity contribution < 1.29 is 31.5 Å². The maximum atomic E-state index is 14.0. The van der Waals surface area contributed by atoms with Gasteiger partial charge in [0.1, 0.15) is 5.71 Å². The van der Waals surface area contributed by atoms with E-state index in [0.717, 1.165) is 23.3 Å². The normalized spacial score (nSPS) is 19.4. The van der Waals surface area contributed by atoms with E-state index in [2.05, 4.69) is 4.99 Å². The summed E-state index contributed by atoms with van der Waals surface area (Å²) in [6, 6.07) is 1.72. The molecule has 1 aromatic carbocycles. The van der Waals surface area contributed by atoms with Crippen LogP contribution >= 0.6 is 0 Å². The molecule has 0 aliphatic carbocycles. The first-order valence-electron chi connectivity index (χ1n) is 11.8. The van der Waals surface area contributed by atoms with Crippen molar-refractivity contribution in [3.05, 3.63) is 46.0 Å². The number of hydrogen-bond acceptors (Lipinski definition) is 3. The van der Waals surface area contributed by atoms with Gasteiger partial charge in [0.25, 0.3) is 5.91 Å². The zero-order chi connectivity index (χ0) is 25.5. The van der Waals surface area contributed by atoms with Crippen molar-refractivity contribution in [3.63, 3.8) is 0 Å². The lowest BCUT2D eigenvalue weighted by molar-refractivity contribution is -0.141. The monoisotopic (exact) mass is 497 g/mol. The van der Waals surface area contributed by atoms with Crippen LogP contribution in [-0.2, 0) is 15.8 Å². The van der Waals surface area contributed by atoms with E-state index in [1.54, 1.807) is 9.80 Å². The molecule has 0 N–H and O–H groups in total. The fourth-order valence-corrected chi connectivity index (χ4v) is 5.15. The molecule has 0 bridgehead atoms. The van der Waals surface area contributed by atoms with E-state index >= 15 is 0 Å². The molecule has 3 aliphatic heterocycles. The Balaban J connectivity index is 1.42. The second-order valence-electron chi connectivity index (χ2n) is 9.80. The number of halogens is 5. The average Bonchev–Trinajstić information content (AvgIpc) is 3.22. The molecule has 5 nitrogen and oxygen atoms in total. The number of hydrogen-bond donors (Lipinski definition) is 0. The van der Waals surface area contributed by atoms with Gasteiger partial charge in [0, 0.05) is 32.6 Å². The summed E-state index contributed by atoms with van der Waals surface area (Å²) in [6.07, 6.45) is -3.59. The molecule has 10 heteroatoms. The molecule has 3 aliphatic rings. The summed E-state index contributed by atoms with van der Waals surface area (Å²) >= 11 is 0. The van der Waals surface area contributed by atoms with Gasteiger partial charge in [-0.05, 0) is 53.9 Å². The topological polar surface area (TPSA) is 53.0 Å². The summed E-state index contributed by atoms with van der Waals surface area (Å²) < 4.78 is 67.8. The van der Waals surface area contributed by atoms with Crippen molar-refractivity contribution in [2.24, 2.45) is 10.9 Å². The fourth-order valence-electron chi connectivity index (χ4n) is 5.15. The third-order valence-electron chi connectivity index (χ3n) is 6.92. The number of nitrogens with zero attached hydrogens (tertiary/aromatic N) is 3. The minimum absolute atomic E-state index is 0.0869. The molecule has 3 heterocycles. The standard InChI is InChI=1S/C25H28F5N3O2/c1-14(2)11-20(34)33-10-7-18-16(13-33)12-31-23(18)24(35)32-8-5-15(6-9-32)17-3-4-19(26)22(27)21(17)25(28,29)30/h3-4,14-15H,5-13H2,1-2H3. The molecule has 0 atom stereocenters. The molecule has 1 fully saturated rings. The highest BCUT2D eigenvalue weighted by atomic mass is 19.4. The molecule has 0 aromatic heterocycles. The summed E-state index contributed by atoms with van der Waals surface area (Å²) in [6.45, 7) is 5.71. The highest BCUT2D eigenvalue weighted by molar-refractivity contribution is 6.46. The first-order chi connectivity index (χ1) is 16.5. The van der Waals surface area contributed by atoms with Gasteiger partial charge >= 0.3 is 6.18 Å². The highest BCUT2D eigenvalue weighted by Gasteiger charge is 2.41.